The Labute approximate surface area is 104 Å². The van der Waals surface area contributed by atoms with E-state index in [0.29, 0.717) is 12.2 Å². The molecule has 1 N–H and O–H groups in total. The lowest BCUT2D eigenvalue weighted by Crippen LogP contribution is -2.40. The standard InChI is InChI=1S/C10H13N3O4S/c14-10(15)6-13(9-5-11-2-3-12-9)8-1-4-18(16,17)7-8/h2-3,5,8H,1,4,6-7H2,(H,14,15). The smallest absolute Gasteiger partial charge is 0.323 e. The van der Waals surface area contributed by atoms with Gasteiger partial charge in [0, 0.05) is 18.4 Å². The maximum atomic E-state index is 11.5. The van der Waals surface area contributed by atoms with E-state index in [9.17, 15) is 13.2 Å². The molecule has 1 atom stereocenters. The second-order valence-electron chi connectivity index (χ2n) is 4.14. The third kappa shape index (κ3) is 2.95. The summed E-state index contributed by atoms with van der Waals surface area (Å²) in [5, 5.41) is 8.90. The molecule has 1 aliphatic heterocycles. The molecule has 18 heavy (non-hydrogen) atoms. The van der Waals surface area contributed by atoms with E-state index in [1.807, 2.05) is 0 Å². The molecule has 0 aromatic carbocycles. The van der Waals surface area contributed by atoms with Crippen molar-refractivity contribution < 1.29 is 18.3 Å². The van der Waals surface area contributed by atoms with Gasteiger partial charge in [-0.05, 0) is 6.42 Å². The molecule has 0 aliphatic carbocycles. The fourth-order valence-corrected chi connectivity index (χ4v) is 3.73. The van der Waals surface area contributed by atoms with Crippen molar-refractivity contribution in [2.24, 2.45) is 0 Å². The maximum absolute atomic E-state index is 11.5. The van der Waals surface area contributed by atoms with Crippen molar-refractivity contribution in [3.8, 4) is 0 Å². The summed E-state index contributed by atoms with van der Waals surface area (Å²) in [4.78, 5) is 20.3. The molecule has 1 saturated heterocycles. The molecule has 0 spiro atoms. The topological polar surface area (TPSA) is 100 Å². The largest absolute Gasteiger partial charge is 0.480 e. The number of carbonyl (C=O) groups is 1. The van der Waals surface area contributed by atoms with Gasteiger partial charge in [0.2, 0.25) is 0 Å². The number of hydrogen-bond donors (Lipinski definition) is 1. The van der Waals surface area contributed by atoms with Gasteiger partial charge in [0.1, 0.15) is 12.4 Å². The number of aliphatic carboxylic acids is 1. The zero-order chi connectivity index (χ0) is 13.2. The van der Waals surface area contributed by atoms with Gasteiger partial charge < -0.3 is 10.0 Å². The van der Waals surface area contributed by atoms with Crippen molar-refractivity contribution in [1.29, 1.82) is 0 Å². The molecule has 0 radical (unpaired) electrons. The predicted molar refractivity (Wildman–Crippen MR) is 64.1 cm³/mol. The van der Waals surface area contributed by atoms with Crippen LogP contribution in [0.2, 0.25) is 0 Å². The third-order valence-electron chi connectivity index (χ3n) is 2.80. The number of sulfone groups is 1. The Morgan fingerprint density at radius 3 is 2.78 bits per heavy atom. The van der Waals surface area contributed by atoms with E-state index in [1.54, 1.807) is 0 Å². The summed E-state index contributed by atoms with van der Waals surface area (Å²) in [6, 6.07) is -0.345. The van der Waals surface area contributed by atoms with E-state index in [-0.39, 0.29) is 24.1 Å². The van der Waals surface area contributed by atoms with Gasteiger partial charge in [-0.2, -0.15) is 0 Å². The normalized spacial score (nSPS) is 21.7. The molecule has 1 fully saturated rings. The Kier molecular flexibility index (Phi) is 3.46. The molecular formula is C10H13N3O4S. The van der Waals surface area contributed by atoms with Gasteiger partial charge >= 0.3 is 5.97 Å². The number of nitrogens with zero attached hydrogens (tertiary/aromatic N) is 3. The van der Waals surface area contributed by atoms with Crippen LogP contribution in [0.1, 0.15) is 6.42 Å². The quantitative estimate of drug-likeness (QED) is 0.791. The minimum atomic E-state index is -3.07. The first kappa shape index (κ1) is 12.7. The Bertz CT molecular complexity index is 531. The zero-order valence-electron chi connectivity index (χ0n) is 9.56. The van der Waals surface area contributed by atoms with Gasteiger partial charge in [-0.25, -0.2) is 13.4 Å². The van der Waals surface area contributed by atoms with E-state index in [2.05, 4.69) is 9.97 Å². The molecule has 8 heteroatoms. The molecule has 0 amide bonds. The molecule has 0 bridgehead atoms. The summed E-state index contributed by atoms with van der Waals surface area (Å²) < 4.78 is 22.9. The van der Waals surface area contributed by atoms with Crippen LogP contribution >= 0.6 is 0 Å². The molecule has 1 unspecified atom stereocenters. The number of carboxylic acids is 1. The molecule has 1 aromatic heterocycles. The molecular weight excluding hydrogens is 258 g/mol. The van der Waals surface area contributed by atoms with Crippen molar-refractivity contribution in [3.05, 3.63) is 18.6 Å². The van der Waals surface area contributed by atoms with E-state index in [0.717, 1.165) is 0 Å². The van der Waals surface area contributed by atoms with Crippen LogP contribution in [0, 0.1) is 0 Å². The van der Waals surface area contributed by atoms with Crippen LogP contribution in [0.4, 0.5) is 5.82 Å². The van der Waals surface area contributed by atoms with Crippen LogP contribution in [0.25, 0.3) is 0 Å². The fourth-order valence-electron chi connectivity index (χ4n) is 2.00. The first-order valence-corrected chi connectivity index (χ1v) is 7.25. The Hall–Kier alpha value is -1.70. The van der Waals surface area contributed by atoms with Crippen LogP contribution in [0.15, 0.2) is 18.6 Å². The van der Waals surface area contributed by atoms with Gasteiger partial charge in [0.25, 0.3) is 0 Å². The second kappa shape index (κ2) is 4.89. The Morgan fingerprint density at radius 1 is 1.50 bits per heavy atom. The lowest BCUT2D eigenvalue weighted by atomic mass is 10.2. The van der Waals surface area contributed by atoms with Crippen LogP contribution in [-0.4, -0.2) is 53.6 Å². The highest BCUT2D eigenvalue weighted by Gasteiger charge is 2.33. The molecule has 7 nitrogen and oxygen atoms in total. The third-order valence-corrected chi connectivity index (χ3v) is 4.55. The van der Waals surface area contributed by atoms with E-state index in [4.69, 9.17) is 5.11 Å². The minimum Gasteiger partial charge on any atom is -0.480 e. The maximum Gasteiger partial charge on any atom is 0.323 e. The van der Waals surface area contributed by atoms with E-state index < -0.39 is 15.8 Å². The van der Waals surface area contributed by atoms with E-state index >= 15 is 0 Å². The monoisotopic (exact) mass is 271 g/mol. The summed E-state index contributed by atoms with van der Waals surface area (Å²) in [5.74, 6) is -0.572. The van der Waals surface area contributed by atoms with Crippen LogP contribution in [-0.2, 0) is 14.6 Å². The highest BCUT2D eigenvalue weighted by atomic mass is 32.2. The Morgan fingerprint density at radius 2 is 2.28 bits per heavy atom. The highest BCUT2D eigenvalue weighted by Crippen LogP contribution is 2.21. The summed E-state index contributed by atoms with van der Waals surface area (Å²) in [5.41, 5.74) is 0. The summed E-state index contributed by atoms with van der Waals surface area (Å²) in [6.07, 6.45) is 4.79. The number of carboxylic acid groups (broad SMARTS) is 1. The second-order valence-corrected chi connectivity index (χ2v) is 6.37. The van der Waals surface area contributed by atoms with E-state index in [1.165, 1.54) is 23.5 Å². The average Bonchev–Trinajstić information content (AvgIpc) is 2.67. The van der Waals surface area contributed by atoms with Gasteiger partial charge in [0.05, 0.1) is 17.7 Å². The van der Waals surface area contributed by atoms with Gasteiger partial charge in [-0.1, -0.05) is 0 Å². The molecule has 98 valence electrons. The van der Waals surface area contributed by atoms with Crippen molar-refractivity contribution in [2.45, 2.75) is 12.5 Å². The van der Waals surface area contributed by atoms with Crippen molar-refractivity contribution in [2.75, 3.05) is 23.0 Å². The van der Waals surface area contributed by atoms with Crippen molar-refractivity contribution in [1.82, 2.24) is 9.97 Å². The number of aromatic nitrogens is 2. The zero-order valence-corrected chi connectivity index (χ0v) is 10.4. The Balaban J connectivity index is 2.24. The molecule has 2 heterocycles. The predicted octanol–water partition coefficient (Wildman–Crippen LogP) is -0.445. The molecule has 0 saturated carbocycles. The summed E-state index contributed by atoms with van der Waals surface area (Å²) >= 11 is 0. The molecule has 1 aliphatic rings. The SMILES string of the molecule is O=C(O)CN(c1cnccn1)C1CCS(=O)(=O)C1. The van der Waals surface area contributed by atoms with Crippen LogP contribution in [0.3, 0.4) is 0 Å². The number of anilines is 1. The van der Waals surface area contributed by atoms with Gasteiger partial charge in [0.15, 0.2) is 9.84 Å². The molecule has 1 aromatic rings. The van der Waals surface area contributed by atoms with Gasteiger partial charge in [-0.15, -0.1) is 0 Å². The van der Waals surface area contributed by atoms with Crippen molar-refractivity contribution >= 4 is 21.6 Å². The summed E-state index contributed by atoms with van der Waals surface area (Å²) in [7, 11) is -3.07. The average molecular weight is 271 g/mol. The van der Waals surface area contributed by atoms with Gasteiger partial charge in [-0.3, -0.25) is 9.78 Å². The lowest BCUT2D eigenvalue weighted by Gasteiger charge is -2.26. The minimum absolute atomic E-state index is 0.0309. The van der Waals surface area contributed by atoms with Crippen molar-refractivity contribution in [3.63, 3.8) is 0 Å². The molecule has 2 rings (SSSR count). The summed E-state index contributed by atoms with van der Waals surface area (Å²) in [6.45, 7) is -0.279. The van der Waals surface area contributed by atoms with Crippen LogP contribution in [0.5, 0.6) is 0 Å². The first-order valence-electron chi connectivity index (χ1n) is 5.43. The number of hydrogen-bond acceptors (Lipinski definition) is 6. The fraction of sp³-hybridized carbons (Fsp3) is 0.500. The highest BCUT2D eigenvalue weighted by molar-refractivity contribution is 7.91. The lowest BCUT2D eigenvalue weighted by molar-refractivity contribution is -0.135. The first-order chi connectivity index (χ1) is 8.48. The number of rotatable bonds is 4. The van der Waals surface area contributed by atoms with Crippen LogP contribution < -0.4 is 4.90 Å².